The second-order valence-corrected chi connectivity index (χ2v) is 16.2. The summed E-state index contributed by atoms with van der Waals surface area (Å²) in [5, 5.41) is 39.5. The van der Waals surface area contributed by atoms with Crippen LogP contribution in [0.25, 0.3) is 0 Å². The van der Waals surface area contributed by atoms with E-state index in [9.17, 15) is 39.3 Å². The highest BCUT2D eigenvalue weighted by Gasteiger charge is 2.78. The van der Waals surface area contributed by atoms with Crippen LogP contribution in [-0.2, 0) is 47.7 Å². The van der Waals surface area contributed by atoms with Gasteiger partial charge in [0.25, 0.3) is 5.91 Å². The zero-order valence-corrected chi connectivity index (χ0v) is 32.8. The fourth-order valence-electron chi connectivity index (χ4n) is 9.60. The van der Waals surface area contributed by atoms with Gasteiger partial charge in [-0.05, 0) is 42.7 Å². The molecule has 1 saturated heterocycles. The van der Waals surface area contributed by atoms with Crippen LogP contribution in [0.1, 0.15) is 83.3 Å². The Hall–Kier alpha value is -4.96. The first-order chi connectivity index (χ1) is 26.7. The highest BCUT2D eigenvalue weighted by atomic mass is 16.6. The molecule has 306 valence electrons. The van der Waals surface area contributed by atoms with Gasteiger partial charge in [0.1, 0.15) is 23.9 Å². The first kappa shape index (κ1) is 41.7. The van der Waals surface area contributed by atoms with Crippen LogP contribution in [0.3, 0.4) is 0 Å². The van der Waals surface area contributed by atoms with Crippen molar-refractivity contribution in [2.45, 2.75) is 115 Å². The fraction of sp³-hybridized carbons (Fsp3) is 0.524. The summed E-state index contributed by atoms with van der Waals surface area (Å²) in [5.74, 6) is -6.68. The van der Waals surface area contributed by atoms with Gasteiger partial charge in [-0.25, -0.2) is 4.79 Å². The Morgan fingerprint density at radius 2 is 1.47 bits per heavy atom. The lowest BCUT2D eigenvalue weighted by Crippen LogP contribution is -2.82. The Balaban J connectivity index is 1.50. The molecule has 0 radical (unpaired) electrons. The van der Waals surface area contributed by atoms with Crippen molar-refractivity contribution in [1.82, 2.24) is 5.32 Å². The number of aliphatic hydroxyl groups excluding tert-OH is 2. The third-order valence-electron chi connectivity index (χ3n) is 12.5. The molecule has 57 heavy (non-hydrogen) atoms. The van der Waals surface area contributed by atoms with E-state index in [-0.39, 0.29) is 29.7 Å². The summed E-state index contributed by atoms with van der Waals surface area (Å²) < 4.78 is 29.5. The maximum absolute atomic E-state index is 15.2. The van der Waals surface area contributed by atoms with Crippen LogP contribution >= 0.6 is 0 Å². The summed E-state index contributed by atoms with van der Waals surface area (Å²) in [6.45, 7) is 9.06. The molecule has 1 aliphatic heterocycles. The first-order valence-corrected chi connectivity index (χ1v) is 18.8. The molecule has 2 saturated carbocycles. The van der Waals surface area contributed by atoms with Crippen molar-refractivity contribution >= 4 is 35.6 Å². The second kappa shape index (κ2) is 15.1. The Morgan fingerprint density at radius 1 is 0.877 bits per heavy atom. The van der Waals surface area contributed by atoms with Gasteiger partial charge in [-0.3, -0.25) is 24.0 Å². The molecule has 11 atom stereocenters. The predicted molar refractivity (Wildman–Crippen MR) is 198 cm³/mol. The van der Waals surface area contributed by atoms with E-state index in [2.05, 4.69) is 5.32 Å². The number of carbonyl (C=O) groups is 6. The van der Waals surface area contributed by atoms with Crippen molar-refractivity contribution in [3.05, 3.63) is 82.9 Å². The summed E-state index contributed by atoms with van der Waals surface area (Å²) >= 11 is 0. The number of Topliss-reactive ketones (excluding diaryl/α,β-unsaturated/α-hetero) is 1. The first-order valence-electron chi connectivity index (χ1n) is 18.8. The summed E-state index contributed by atoms with van der Waals surface area (Å²) in [7, 11) is 0. The van der Waals surface area contributed by atoms with Gasteiger partial charge in [0.15, 0.2) is 23.6 Å². The largest absolute Gasteiger partial charge is 0.459 e. The van der Waals surface area contributed by atoms with Gasteiger partial charge in [-0.15, -0.1) is 0 Å². The summed E-state index contributed by atoms with van der Waals surface area (Å²) in [4.78, 5) is 81.3. The van der Waals surface area contributed by atoms with Gasteiger partial charge in [-0.2, -0.15) is 0 Å². The molecule has 0 aromatic heterocycles. The van der Waals surface area contributed by atoms with E-state index < -0.39 is 113 Å². The number of aliphatic hydroxyl groups is 3. The molecule has 2 bridgehead atoms. The molecule has 2 aromatic rings. The zero-order chi connectivity index (χ0) is 41.8. The molecule has 3 unspecified atom stereocenters. The number of ketones is 1. The van der Waals surface area contributed by atoms with Gasteiger partial charge >= 0.3 is 23.9 Å². The molecule has 1 heterocycles. The lowest BCUT2D eigenvalue weighted by atomic mass is 9.44. The molecule has 1 amide bonds. The number of hydrogen-bond donors (Lipinski definition) is 4. The third kappa shape index (κ3) is 6.83. The summed E-state index contributed by atoms with van der Waals surface area (Å²) in [5.41, 5.74) is -6.82. The molecule has 4 aliphatic rings. The lowest BCUT2D eigenvalue weighted by molar-refractivity contribution is -0.347. The van der Waals surface area contributed by atoms with Gasteiger partial charge < -0.3 is 44.3 Å². The molecule has 6 rings (SSSR count). The molecular weight excluding hydrogens is 742 g/mol. The number of fused-ring (bicyclic) bond motifs is 5. The van der Waals surface area contributed by atoms with Crippen molar-refractivity contribution < 1.29 is 67.8 Å². The highest BCUT2D eigenvalue weighted by molar-refractivity contribution is 5.96. The Bertz CT molecular complexity index is 1980. The normalized spacial score (nSPS) is 33.7. The SMILES string of the molecule is CC(=O)OC1C(=O)[C@@]2(C)[C@H]([C@H](OC(C)=O)C3(O)C[C@H](OC(=O)[C@H](O)C(NC(=O)c4ccccc4)c4ccccc4)C(C)=C1C3(C)C)[C@]1(OC(C)=O)CO[C@@H]1C[C@@H]2O. The van der Waals surface area contributed by atoms with E-state index in [1.807, 2.05) is 0 Å². The summed E-state index contributed by atoms with van der Waals surface area (Å²) in [6, 6.07) is 15.1. The van der Waals surface area contributed by atoms with E-state index in [1.165, 1.54) is 13.8 Å². The average molecular weight is 792 g/mol. The Morgan fingerprint density at radius 3 is 2.02 bits per heavy atom. The maximum atomic E-state index is 15.2. The minimum absolute atomic E-state index is 0.0123. The van der Waals surface area contributed by atoms with Gasteiger partial charge in [0.2, 0.25) is 0 Å². The van der Waals surface area contributed by atoms with Crippen LogP contribution < -0.4 is 5.32 Å². The molecule has 2 aromatic carbocycles. The van der Waals surface area contributed by atoms with Crippen LogP contribution in [-0.4, -0.2) is 105 Å². The summed E-state index contributed by atoms with van der Waals surface area (Å²) in [6.07, 6.45) is -10.2. The van der Waals surface area contributed by atoms with E-state index >= 15 is 4.79 Å². The van der Waals surface area contributed by atoms with Crippen LogP contribution in [0.2, 0.25) is 0 Å². The van der Waals surface area contributed by atoms with Crippen molar-refractivity contribution in [2.75, 3.05) is 6.61 Å². The quantitative estimate of drug-likeness (QED) is 0.163. The second-order valence-electron chi connectivity index (χ2n) is 16.2. The average Bonchev–Trinajstić information content (AvgIpc) is 3.15. The minimum atomic E-state index is -2.32. The van der Waals surface area contributed by atoms with Gasteiger partial charge in [-0.1, -0.05) is 62.4 Å². The number of nitrogens with one attached hydrogen (secondary N) is 1. The zero-order valence-electron chi connectivity index (χ0n) is 32.8. The molecule has 3 aliphatic carbocycles. The fourth-order valence-corrected chi connectivity index (χ4v) is 9.60. The molecule has 15 heteroatoms. The number of esters is 4. The molecule has 3 fully saturated rings. The number of carbonyl (C=O) groups excluding carboxylic acids is 6. The van der Waals surface area contributed by atoms with Crippen LogP contribution in [0.15, 0.2) is 71.8 Å². The molecule has 15 nitrogen and oxygen atoms in total. The van der Waals surface area contributed by atoms with E-state index in [0.29, 0.717) is 5.56 Å². The standard InChI is InChI=1S/C42H49NO14/c1-21-27(56-38(51)32(48)31(25-14-10-8-11-15-25)43-37(50)26-16-12-9-13-17-26)19-42(52)36(55-23(3)45)34-40(7,28(47)18-29-41(34,20-53-29)57-24(4)46)35(49)33(54-22(2)44)30(21)39(42,5)6/h8-17,27-29,31-34,36,47-48,52H,18-20H2,1-7H3,(H,43,50)/t27-,28-,29+,31?,32+,33?,34-,36-,40+,41-,42?/m0/s1. The Labute approximate surface area is 329 Å². The number of hydrogen-bond acceptors (Lipinski definition) is 14. The topological polar surface area (TPSA) is 221 Å². The van der Waals surface area contributed by atoms with Gasteiger partial charge in [0, 0.05) is 44.6 Å². The number of benzene rings is 2. The number of ether oxygens (including phenoxy) is 5. The van der Waals surface area contributed by atoms with E-state index in [4.69, 9.17) is 23.7 Å². The van der Waals surface area contributed by atoms with Crippen LogP contribution in [0.5, 0.6) is 0 Å². The molecule has 4 N–H and O–H groups in total. The number of amides is 1. The Kier molecular flexibility index (Phi) is 11.0. The minimum Gasteiger partial charge on any atom is -0.459 e. The van der Waals surface area contributed by atoms with Crippen molar-refractivity contribution in [2.24, 2.45) is 16.7 Å². The third-order valence-corrected chi connectivity index (χ3v) is 12.5. The van der Waals surface area contributed by atoms with Crippen molar-refractivity contribution in [1.29, 1.82) is 0 Å². The van der Waals surface area contributed by atoms with E-state index in [1.54, 1.807) is 74.5 Å². The smallest absolute Gasteiger partial charge is 0.338 e. The van der Waals surface area contributed by atoms with E-state index in [0.717, 1.165) is 20.8 Å². The van der Waals surface area contributed by atoms with Crippen molar-refractivity contribution in [3.63, 3.8) is 0 Å². The van der Waals surface area contributed by atoms with Gasteiger partial charge in [0.05, 0.1) is 30.1 Å². The van der Waals surface area contributed by atoms with Crippen molar-refractivity contribution in [3.8, 4) is 0 Å². The monoisotopic (exact) mass is 791 g/mol. The van der Waals surface area contributed by atoms with Crippen LogP contribution in [0, 0.1) is 16.7 Å². The number of rotatable bonds is 9. The highest BCUT2D eigenvalue weighted by Crippen LogP contribution is 2.64. The van der Waals surface area contributed by atoms with Crippen LogP contribution in [0.4, 0.5) is 0 Å². The molecule has 0 spiro atoms. The molecular formula is C42H49NO14. The predicted octanol–water partition coefficient (Wildman–Crippen LogP) is 2.44. The maximum Gasteiger partial charge on any atom is 0.338 e. The lowest BCUT2D eigenvalue weighted by Gasteiger charge is -2.67.